The largest absolute Gasteiger partial charge is 0.361 e. The van der Waals surface area contributed by atoms with Gasteiger partial charge in [0.15, 0.2) is 0 Å². The number of fused-ring (bicyclic) bond motifs is 1. The number of nitrogens with one attached hydrogen (secondary N) is 1. The molecule has 1 aromatic heterocycles. The van der Waals surface area contributed by atoms with Gasteiger partial charge < -0.3 is 14.8 Å². The highest BCUT2D eigenvalue weighted by atomic mass is 16.2. The molecule has 0 atom stereocenters. The fraction of sp³-hybridized carbons (Fsp3) is 0.333. The number of para-hydroxylation sites is 1. The maximum absolute atomic E-state index is 13.8. The summed E-state index contributed by atoms with van der Waals surface area (Å²) in [6, 6.07) is 24.3. The van der Waals surface area contributed by atoms with Crippen LogP contribution in [0.2, 0.25) is 0 Å². The molecular weight excluding hydrogens is 470 g/mol. The third-order valence-electron chi connectivity index (χ3n) is 6.98. The molecule has 2 amide bonds. The summed E-state index contributed by atoms with van der Waals surface area (Å²) >= 11 is 0. The Hall–Kier alpha value is -3.86. The lowest BCUT2D eigenvalue weighted by Crippen LogP contribution is -2.44. The van der Waals surface area contributed by atoms with Crippen molar-refractivity contribution in [3.8, 4) is 0 Å². The Morgan fingerprint density at radius 1 is 0.868 bits per heavy atom. The lowest BCUT2D eigenvalue weighted by Gasteiger charge is -2.29. The van der Waals surface area contributed by atoms with Gasteiger partial charge in [0, 0.05) is 42.3 Å². The van der Waals surface area contributed by atoms with Gasteiger partial charge in [-0.05, 0) is 60.6 Å². The molecule has 38 heavy (non-hydrogen) atoms. The number of carbonyl (C=O) groups excluding carboxylic acids is 2. The number of nitrogens with zero attached hydrogens (tertiary/aromatic N) is 2. The summed E-state index contributed by atoms with van der Waals surface area (Å²) < 4.78 is 0. The van der Waals surface area contributed by atoms with Gasteiger partial charge in [-0.15, -0.1) is 0 Å². The first kappa shape index (κ1) is 27.2. The summed E-state index contributed by atoms with van der Waals surface area (Å²) in [5.74, 6) is 0.115. The molecule has 3 aromatic carbocycles. The molecule has 0 aliphatic carbocycles. The van der Waals surface area contributed by atoms with E-state index in [0.717, 1.165) is 23.9 Å². The van der Waals surface area contributed by atoms with Gasteiger partial charge >= 0.3 is 0 Å². The molecule has 0 saturated heterocycles. The monoisotopic (exact) mass is 509 g/mol. The predicted octanol–water partition coefficient (Wildman–Crippen LogP) is 6.41. The quantitative estimate of drug-likeness (QED) is 0.254. The third kappa shape index (κ3) is 6.91. The van der Waals surface area contributed by atoms with E-state index < -0.39 is 0 Å². The van der Waals surface area contributed by atoms with Crippen LogP contribution in [-0.4, -0.2) is 46.2 Å². The summed E-state index contributed by atoms with van der Waals surface area (Å²) in [7, 11) is 0. The van der Waals surface area contributed by atoms with Crippen LogP contribution in [0.15, 0.2) is 79.0 Å². The molecule has 0 radical (unpaired) electrons. The van der Waals surface area contributed by atoms with E-state index in [1.807, 2.05) is 47.5 Å². The molecule has 5 nitrogen and oxygen atoms in total. The smallest absolute Gasteiger partial charge is 0.254 e. The minimum Gasteiger partial charge on any atom is -0.361 e. The van der Waals surface area contributed by atoms with Crippen molar-refractivity contribution in [2.24, 2.45) is 5.92 Å². The van der Waals surface area contributed by atoms with Crippen LogP contribution in [-0.2, 0) is 24.2 Å². The molecule has 4 rings (SSSR count). The molecule has 1 N–H and O–H groups in total. The first-order valence-corrected chi connectivity index (χ1v) is 13.6. The maximum atomic E-state index is 13.8. The van der Waals surface area contributed by atoms with E-state index in [1.165, 1.54) is 22.1 Å². The molecule has 0 aliphatic heterocycles. The predicted molar refractivity (Wildman–Crippen MR) is 155 cm³/mol. The molecule has 1 heterocycles. The molecule has 0 spiro atoms. The van der Waals surface area contributed by atoms with E-state index in [9.17, 15) is 9.59 Å². The lowest BCUT2D eigenvalue weighted by molar-refractivity contribution is -0.132. The average Bonchev–Trinajstić information content (AvgIpc) is 3.34. The number of aryl methyl sites for hydroxylation is 2. The zero-order valence-corrected chi connectivity index (χ0v) is 23.0. The average molecular weight is 510 g/mol. The van der Waals surface area contributed by atoms with Gasteiger partial charge in [-0.3, -0.25) is 9.59 Å². The highest BCUT2D eigenvalue weighted by Crippen LogP contribution is 2.19. The molecule has 5 heteroatoms. The summed E-state index contributed by atoms with van der Waals surface area (Å²) in [6.45, 7) is 9.98. The second-order valence-corrected chi connectivity index (χ2v) is 10.5. The number of aromatic nitrogens is 1. The van der Waals surface area contributed by atoms with E-state index in [4.69, 9.17) is 0 Å². The van der Waals surface area contributed by atoms with Crippen molar-refractivity contribution in [1.29, 1.82) is 0 Å². The first-order valence-electron chi connectivity index (χ1n) is 13.6. The Kier molecular flexibility index (Phi) is 9.01. The van der Waals surface area contributed by atoms with Crippen molar-refractivity contribution in [2.75, 3.05) is 19.6 Å². The fourth-order valence-corrected chi connectivity index (χ4v) is 4.79. The van der Waals surface area contributed by atoms with Crippen LogP contribution in [0.25, 0.3) is 10.9 Å². The lowest BCUT2D eigenvalue weighted by atomic mass is 10.1. The second-order valence-electron chi connectivity index (χ2n) is 10.5. The topological polar surface area (TPSA) is 56.4 Å². The van der Waals surface area contributed by atoms with Crippen molar-refractivity contribution < 1.29 is 9.59 Å². The van der Waals surface area contributed by atoms with E-state index in [0.29, 0.717) is 25.2 Å². The molecule has 0 fully saturated rings. The number of rotatable bonds is 11. The van der Waals surface area contributed by atoms with E-state index in [1.54, 1.807) is 4.90 Å². The van der Waals surface area contributed by atoms with Crippen LogP contribution < -0.4 is 0 Å². The Morgan fingerprint density at radius 3 is 2.24 bits per heavy atom. The zero-order valence-electron chi connectivity index (χ0n) is 23.0. The molecule has 0 saturated carbocycles. The van der Waals surface area contributed by atoms with Crippen molar-refractivity contribution in [1.82, 2.24) is 14.8 Å². The van der Waals surface area contributed by atoms with Crippen molar-refractivity contribution >= 4 is 22.7 Å². The Labute approximate surface area is 226 Å². The summed E-state index contributed by atoms with van der Waals surface area (Å²) in [4.78, 5) is 34.2. The van der Waals surface area contributed by atoms with E-state index >= 15 is 0 Å². The molecule has 0 unspecified atom stereocenters. The van der Waals surface area contributed by atoms with Gasteiger partial charge in [-0.1, -0.05) is 80.9 Å². The molecule has 198 valence electrons. The van der Waals surface area contributed by atoms with Crippen LogP contribution >= 0.6 is 0 Å². The van der Waals surface area contributed by atoms with Crippen LogP contribution in [0.3, 0.4) is 0 Å². The van der Waals surface area contributed by atoms with Gasteiger partial charge in [-0.25, -0.2) is 0 Å². The highest BCUT2D eigenvalue weighted by molar-refractivity contribution is 5.96. The van der Waals surface area contributed by atoms with Gasteiger partial charge in [0.05, 0.1) is 0 Å². The van der Waals surface area contributed by atoms with E-state index in [-0.39, 0.29) is 24.3 Å². The van der Waals surface area contributed by atoms with Gasteiger partial charge in [0.25, 0.3) is 5.91 Å². The normalized spacial score (nSPS) is 11.2. The summed E-state index contributed by atoms with van der Waals surface area (Å²) in [6.07, 6.45) is 3.69. The van der Waals surface area contributed by atoms with Gasteiger partial charge in [0.1, 0.15) is 6.54 Å². The Balaban J connectivity index is 1.54. The fourth-order valence-electron chi connectivity index (χ4n) is 4.79. The first-order chi connectivity index (χ1) is 18.3. The minimum absolute atomic E-state index is 0.0374. The van der Waals surface area contributed by atoms with Crippen LogP contribution in [0.4, 0.5) is 0 Å². The number of amides is 2. The third-order valence-corrected chi connectivity index (χ3v) is 6.98. The Bertz CT molecular complexity index is 1350. The summed E-state index contributed by atoms with van der Waals surface area (Å²) in [5.41, 5.74) is 6.37. The second kappa shape index (κ2) is 12.6. The number of benzene rings is 3. The number of aromatic amines is 1. The number of H-pyrrole nitrogens is 1. The summed E-state index contributed by atoms with van der Waals surface area (Å²) in [5, 5.41) is 1.18. The van der Waals surface area contributed by atoms with E-state index in [2.05, 4.69) is 69.1 Å². The number of hydrogen-bond acceptors (Lipinski definition) is 2. The van der Waals surface area contributed by atoms with Crippen LogP contribution in [0.1, 0.15) is 53.4 Å². The highest BCUT2D eigenvalue weighted by Gasteiger charge is 2.23. The maximum Gasteiger partial charge on any atom is 0.254 e. The van der Waals surface area contributed by atoms with Crippen molar-refractivity contribution in [3.63, 3.8) is 0 Å². The number of carbonyl (C=O) groups is 2. The van der Waals surface area contributed by atoms with Gasteiger partial charge in [-0.2, -0.15) is 0 Å². The van der Waals surface area contributed by atoms with Crippen LogP contribution in [0.5, 0.6) is 0 Å². The minimum atomic E-state index is -0.0957. The van der Waals surface area contributed by atoms with Crippen molar-refractivity contribution in [3.05, 3.63) is 107 Å². The van der Waals surface area contributed by atoms with Crippen LogP contribution in [0, 0.1) is 12.8 Å². The zero-order chi connectivity index (χ0) is 27.1. The van der Waals surface area contributed by atoms with Gasteiger partial charge in [0.2, 0.25) is 5.91 Å². The number of hydrogen-bond donors (Lipinski definition) is 1. The SMILES string of the molecule is CCc1ccc(C(=O)N(CC(=O)N(CCc2c[nH]c3ccccc23)Cc2ccc(C)cc2)CC(C)C)cc1. The molecule has 4 aromatic rings. The molecule has 0 bridgehead atoms. The molecule has 0 aliphatic rings. The van der Waals surface area contributed by atoms with Crippen molar-refractivity contribution in [2.45, 2.75) is 47.1 Å². The molecular formula is C33H39N3O2. The standard InChI is InChI=1S/C33H39N3O2/c1-5-26-14-16-28(17-15-26)33(38)36(21-24(2)3)23-32(37)35(22-27-12-10-25(4)11-13-27)19-18-29-20-34-31-9-7-6-8-30(29)31/h6-17,20,24,34H,5,18-19,21-23H2,1-4H3. The Morgan fingerprint density at radius 2 is 1.55 bits per heavy atom.